The lowest BCUT2D eigenvalue weighted by Crippen LogP contribution is -2.52. The molecular weight excluding hydrogens is 426 g/mol. The van der Waals surface area contributed by atoms with Gasteiger partial charge in [0.15, 0.2) is 0 Å². The highest BCUT2D eigenvalue weighted by Gasteiger charge is 2.33. The van der Waals surface area contributed by atoms with Crippen molar-refractivity contribution >= 4 is 29.1 Å². The summed E-state index contributed by atoms with van der Waals surface area (Å²) in [5, 5.41) is 16.3. The molecule has 3 fully saturated rings. The van der Waals surface area contributed by atoms with Crippen LogP contribution in [0.15, 0.2) is 16.8 Å². The van der Waals surface area contributed by atoms with Gasteiger partial charge in [-0.05, 0) is 50.0 Å². The molecule has 1 saturated carbocycles. The van der Waals surface area contributed by atoms with Crippen molar-refractivity contribution in [1.29, 1.82) is 5.26 Å². The van der Waals surface area contributed by atoms with Crippen molar-refractivity contribution in [3.05, 3.63) is 22.4 Å². The van der Waals surface area contributed by atoms with Crippen LogP contribution in [0.2, 0.25) is 0 Å². The van der Waals surface area contributed by atoms with Gasteiger partial charge in [-0.25, -0.2) is 0 Å². The molecule has 1 aromatic heterocycles. The molecule has 0 radical (unpaired) electrons. The van der Waals surface area contributed by atoms with E-state index in [0.29, 0.717) is 32.7 Å². The SMILES string of the molecule is N#C[C@@H]1CCCN1C(=O)CN[C@H]1CC[C@H](C(=O)N2CCN(C(=O)c3ccsc3)CC2)CC1. The number of amides is 3. The lowest BCUT2D eigenvalue weighted by Gasteiger charge is -2.38. The topological polar surface area (TPSA) is 96.8 Å². The Balaban J connectivity index is 1.17. The van der Waals surface area contributed by atoms with E-state index in [1.165, 1.54) is 11.3 Å². The van der Waals surface area contributed by atoms with Crippen molar-refractivity contribution in [2.24, 2.45) is 5.92 Å². The fraction of sp³-hybridized carbons (Fsp3) is 0.652. The zero-order valence-corrected chi connectivity index (χ0v) is 19.2. The van der Waals surface area contributed by atoms with Gasteiger partial charge in [-0.2, -0.15) is 16.6 Å². The highest BCUT2D eigenvalue weighted by Crippen LogP contribution is 2.27. The van der Waals surface area contributed by atoms with Crippen LogP contribution in [-0.4, -0.2) is 83.8 Å². The monoisotopic (exact) mass is 457 g/mol. The van der Waals surface area contributed by atoms with Gasteiger partial charge in [-0.1, -0.05) is 0 Å². The van der Waals surface area contributed by atoms with Gasteiger partial charge in [0, 0.05) is 50.1 Å². The molecular formula is C23H31N5O3S. The van der Waals surface area contributed by atoms with Crippen molar-refractivity contribution in [3.63, 3.8) is 0 Å². The molecule has 1 atom stereocenters. The van der Waals surface area contributed by atoms with Crippen LogP contribution in [0.25, 0.3) is 0 Å². The van der Waals surface area contributed by atoms with Crippen LogP contribution in [0.3, 0.4) is 0 Å². The molecule has 9 heteroatoms. The second-order valence-corrected chi connectivity index (χ2v) is 9.71. The van der Waals surface area contributed by atoms with E-state index in [1.54, 1.807) is 4.90 Å². The lowest BCUT2D eigenvalue weighted by atomic mass is 9.85. The minimum atomic E-state index is -0.279. The van der Waals surface area contributed by atoms with Gasteiger partial charge in [0.25, 0.3) is 5.91 Å². The smallest absolute Gasteiger partial charge is 0.254 e. The lowest BCUT2D eigenvalue weighted by molar-refractivity contribution is -0.138. The minimum absolute atomic E-state index is 0.00196. The number of hydrogen-bond acceptors (Lipinski definition) is 6. The maximum Gasteiger partial charge on any atom is 0.254 e. The van der Waals surface area contributed by atoms with E-state index in [-0.39, 0.29) is 42.3 Å². The summed E-state index contributed by atoms with van der Waals surface area (Å²) in [7, 11) is 0. The van der Waals surface area contributed by atoms with Gasteiger partial charge < -0.3 is 20.0 Å². The third-order valence-electron chi connectivity index (χ3n) is 6.99. The third kappa shape index (κ3) is 5.13. The van der Waals surface area contributed by atoms with Crippen LogP contribution in [-0.2, 0) is 9.59 Å². The van der Waals surface area contributed by atoms with Crippen LogP contribution in [0.5, 0.6) is 0 Å². The Bertz CT molecular complexity index is 851. The van der Waals surface area contributed by atoms with Crippen LogP contribution in [0.1, 0.15) is 48.9 Å². The Morgan fingerprint density at radius 2 is 1.75 bits per heavy atom. The summed E-state index contributed by atoms with van der Waals surface area (Å²) < 4.78 is 0. The minimum Gasteiger partial charge on any atom is -0.339 e. The molecule has 3 amide bonds. The summed E-state index contributed by atoms with van der Waals surface area (Å²) in [5.41, 5.74) is 0.729. The van der Waals surface area contributed by atoms with Gasteiger partial charge in [0.1, 0.15) is 6.04 Å². The zero-order chi connectivity index (χ0) is 22.5. The highest BCUT2D eigenvalue weighted by atomic mass is 32.1. The molecule has 8 nitrogen and oxygen atoms in total. The normalized spacial score (nSPS) is 26.1. The predicted octanol–water partition coefficient (Wildman–Crippen LogP) is 1.70. The highest BCUT2D eigenvalue weighted by molar-refractivity contribution is 7.08. The standard InChI is InChI=1S/C23H31N5O3S/c24-14-20-2-1-8-28(20)21(29)15-25-19-5-3-17(4-6-19)22(30)26-9-11-27(12-10-26)23(31)18-7-13-32-16-18/h7,13,16-17,19-20,25H,1-6,8-12,15H2/t17-,19-,20-/m0/s1. The van der Waals surface area contributed by atoms with E-state index in [0.717, 1.165) is 44.1 Å². The second-order valence-electron chi connectivity index (χ2n) is 8.93. The molecule has 1 N–H and O–H groups in total. The summed E-state index contributed by atoms with van der Waals surface area (Å²) in [6.07, 6.45) is 5.07. The summed E-state index contributed by atoms with van der Waals surface area (Å²) in [6.45, 7) is 3.29. The van der Waals surface area contributed by atoms with Crippen molar-refractivity contribution in [2.45, 2.75) is 50.6 Å². The first kappa shape index (κ1) is 22.7. The number of rotatable bonds is 5. The van der Waals surface area contributed by atoms with E-state index < -0.39 is 0 Å². The van der Waals surface area contributed by atoms with E-state index >= 15 is 0 Å². The molecule has 32 heavy (non-hydrogen) atoms. The van der Waals surface area contributed by atoms with Crippen LogP contribution in [0.4, 0.5) is 0 Å². The number of nitrogens with zero attached hydrogens (tertiary/aromatic N) is 4. The first-order valence-corrected chi connectivity index (χ1v) is 12.5. The van der Waals surface area contributed by atoms with Gasteiger partial charge in [-0.15, -0.1) is 0 Å². The molecule has 3 heterocycles. The van der Waals surface area contributed by atoms with Gasteiger partial charge in [-0.3, -0.25) is 14.4 Å². The number of carbonyl (C=O) groups is 3. The molecule has 0 bridgehead atoms. The van der Waals surface area contributed by atoms with Crippen molar-refractivity contribution in [3.8, 4) is 6.07 Å². The number of hydrogen-bond donors (Lipinski definition) is 1. The first-order chi connectivity index (χ1) is 15.6. The largest absolute Gasteiger partial charge is 0.339 e. The Morgan fingerprint density at radius 1 is 1.03 bits per heavy atom. The van der Waals surface area contributed by atoms with Gasteiger partial charge in [0.05, 0.1) is 18.2 Å². The Labute approximate surface area is 193 Å². The number of piperazine rings is 1. The number of thiophene rings is 1. The molecule has 0 spiro atoms. The fourth-order valence-corrected chi connectivity index (χ4v) is 5.66. The number of likely N-dealkylation sites (tertiary alicyclic amines) is 1. The molecule has 1 aromatic rings. The van der Waals surface area contributed by atoms with Crippen molar-refractivity contribution in [1.82, 2.24) is 20.0 Å². The summed E-state index contributed by atoms with van der Waals surface area (Å²) in [4.78, 5) is 43.3. The van der Waals surface area contributed by atoms with E-state index in [4.69, 9.17) is 5.26 Å². The van der Waals surface area contributed by atoms with Crippen molar-refractivity contribution in [2.75, 3.05) is 39.3 Å². The maximum atomic E-state index is 13.0. The molecule has 3 aliphatic rings. The van der Waals surface area contributed by atoms with E-state index in [2.05, 4.69) is 11.4 Å². The molecule has 0 aromatic carbocycles. The first-order valence-electron chi connectivity index (χ1n) is 11.6. The Morgan fingerprint density at radius 3 is 2.41 bits per heavy atom. The number of carbonyl (C=O) groups excluding carboxylic acids is 3. The molecule has 2 aliphatic heterocycles. The molecule has 4 rings (SSSR count). The average Bonchev–Trinajstić information content (AvgIpc) is 3.54. The second kappa shape index (κ2) is 10.5. The number of nitrogens with one attached hydrogen (secondary N) is 1. The summed E-state index contributed by atoms with van der Waals surface area (Å²) >= 11 is 1.52. The van der Waals surface area contributed by atoms with E-state index in [1.807, 2.05) is 26.6 Å². The molecule has 1 aliphatic carbocycles. The zero-order valence-electron chi connectivity index (χ0n) is 18.4. The molecule has 0 unspecified atom stereocenters. The molecule has 2 saturated heterocycles. The maximum absolute atomic E-state index is 13.0. The fourth-order valence-electron chi connectivity index (χ4n) is 5.03. The molecule has 172 valence electrons. The van der Waals surface area contributed by atoms with Crippen molar-refractivity contribution < 1.29 is 14.4 Å². The van der Waals surface area contributed by atoms with Crippen LogP contribution < -0.4 is 5.32 Å². The van der Waals surface area contributed by atoms with Gasteiger partial charge in [0.2, 0.25) is 11.8 Å². The summed E-state index contributed by atoms with van der Waals surface area (Å²) in [6, 6.07) is 4.02. The number of nitriles is 1. The average molecular weight is 458 g/mol. The summed E-state index contributed by atoms with van der Waals surface area (Å²) in [5.74, 6) is 0.289. The Hall–Kier alpha value is -2.44. The Kier molecular flexibility index (Phi) is 7.43. The van der Waals surface area contributed by atoms with E-state index in [9.17, 15) is 14.4 Å². The quantitative estimate of drug-likeness (QED) is 0.726. The van der Waals surface area contributed by atoms with Crippen LogP contribution >= 0.6 is 11.3 Å². The third-order valence-corrected chi connectivity index (χ3v) is 7.67. The van der Waals surface area contributed by atoms with Crippen LogP contribution in [0, 0.1) is 17.2 Å². The van der Waals surface area contributed by atoms with Gasteiger partial charge >= 0.3 is 0 Å². The predicted molar refractivity (Wildman–Crippen MR) is 121 cm³/mol.